The van der Waals surface area contributed by atoms with Gasteiger partial charge in [0.15, 0.2) is 0 Å². The van der Waals surface area contributed by atoms with Gasteiger partial charge in [-0.15, -0.1) is 0 Å². The standard InChI is InChI=1S/C17H25NO/c1-11-8-12(9-16(19)18-5)15-10-13(17(2,3)4)6-7-14(11)15/h6-7,10-12H,8-9H2,1-5H3,(H,18,19). The van der Waals surface area contributed by atoms with Gasteiger partial charge in [-0.2, -0.15) is 0 Å². The number of amides is 1. The molecule has 1 amide bonds. The smallest absolute Gasteiger partial charge is 0.220 e. The van der Waals surface area contributed by atoms with E-state index in [1.807, 2.05) is 0 Å². The zero-order valence-electron chi connectivity index (χ0n) is 12.7. The van der Waals surface area contributed by atoms with E-state index in [1.54, 1.807) is 7.05 Å². The van der Waals surface area contributed by atoms with E-state index in [1.165, 1.54) is 16.7 Å². The van der Waals surface area contributed by atoms with Crippen molar-refractivity contribution < 1.29 is 4.79 Å². The molecule has 2 rings (SSSR count). The molecule has 0 aromatic heterocycles. The molecule has 0 saturated carbocycles. The van der Waals surface area contributed by atoms with Crippen LogP contribution in [-0.4, -0.2) is 13.0 Å². The molecule has 1 aliphatic carbocycles. The summed E-state index contributed by atoms with van der Waals surface area (Å²) in [6.07, 6.45) is 1.71. The number of hydrogen-bond acceptors (Lipinski definition) is 1. The molecular formula is C17H25NO. The summed E-state index contributed by atoms with van der Waals surface area (Å²) in [6, 6.07) is 6.84. The number of fused-ring (bicyclic) bond motifs is 1. The molecule has 1 aromatic rings. The van der Waals surface area contributed by atoms with Crippen molar-refractivity contribution >= 4 is 5.91 Å². The quantitative estimate of drug-likeness (QED) is 0.862. The van der Waals surface area contributed by atoms with Gasteiger partial charge in [-0.25, -0.2) is 0 Å². The first-order valence-corrected chi connectivity index (χ1v) is 7.18. The molecule has 1 aromatic carbocycles. The summed E-state index contributed by atoms with van der Waals surface area (Å²) < 4.78 is 0. The highest BCUT2D eigenvalue weighted by Gasteiger charge is 2.30. The third kappa shape index (κ3) is 2.83. The summed E-state index contributed by atoms with van der Waals surface area (Å²) in [5.74, 6) is 1.09. The van der Waals surface area contributed by atoms with Crippen molar-refractivity contribution in [2.24, 2.45) is 0 Å². The Morgan fingerprint density at radius 2 is 2.00 bits per heavy atom. The highest BCUT2D eigenvalue weighted by atomic mass is 16.1. The molecule has 2 atom stereocenters. The van der Waals surface area contributed by atoms with Crippen molar-refractivity contribution in [3.8, 4) is 0 Å². The van der Waals surface area contributed by atoms with Gasteiger partial charge in [0.25, 0.3) is 0 Å². The molecule has 2 nitrogen and oxygen atoms in total. The van der Waals surface area contributed by atoms with Gasteiger partial charge in [-0.05, 0) is 40.4 Å². The number of rotatable bonds is 2. The molecule has 1 N–H and O–H groups in total. The molecule has 0 fully saturated rings. The molecule has 0 bridgehead atoms. The van der Waals surface area contributed by atoms with Crippen LogP contribution in [0.1, 0.15) is 69.1 Å². The third-order valence-electron chi connectivity index (χ3n) is 4.27. The van der Waals surface area contributed by atoms with Crippen LogP contribution in [0.5, 0.6) is 0 Å². The first-order chi connectivity index (χ1) is 8.82. The summed E-state index contributed by atoms with van der Waals surface area (Å²) in [4.78, 5) is 11.7. The summed E-state index contributed by atoms with van der Waals surface area (Å²) >= 11 is 0. The van der Waals surface area contributed by atoms with Crippen LogP contribution in [0.3, 0.4) is 0 Å². The average Bonchev–Trinajstić information content (AvgIpc) is 2.65. The SMILES string of the molecule is CNC(=O)CC1CC(C)c2ccc(C(C)(C)C)cc21. The minimum Gasteiger partial charge on any atom is -0.359 e. The van der Waals surface area contributed by atoms with Crippen LogP contribution in [-0.2, 0) is 10.2 Å². The van der Waals surface area contributed by atoms with E-state index >= 15 is 0 Å². The molecule has 0 saturated heterocycles. The number of carbonyl (C=O) groups excluding carboxylic acids is 1. The lowest BCUT2D eigenvalue weighted by atomic mass is 9.84. The van der Waals surface area contributed by atoms with Crippen LogP contribution in [0.25, 0.3) is 0 Å². The van der Waals surface area contributed by atoms with Gasteiger partial charge >= 0.3 is 0 Å². The van der Waals surface area contributed by atoms with Crippen LogP contribution in [0.2, 0.25) is 0 Å². The number of benzene rings is 1. The first kappa shape index (κ1) is 14.1. The highest BCUT2D eigenvalue weighted by molar-refractivity contribution is 5.76. The molecule has 2 unspecified atom stereocenters. The van der Waals surface area contributed by atoms with Crippen molar-refractivity contribution in [3.05, 3.63) is 34.9 Å². The minimum absolute atomic E-state index is 0.145. The Hall–Kier alpha value is -1.31. The Morgan fingerprint density at radius 1 is 1.32 bits per heavy atom. The Bertz CT molecular complexity index is 485. The van der Waals surface area contributed by atoms with Crippen LogP contribution in [0.15, 0.2) is 18.2 Å². The van der Waals surface area contributed by atoms with Crippen LogP contribution in [0.4, 0.5) is 0 Å². The van der Waals surface area contributed by atoms with Gasteiger partial charge in [0, 0.05) is 13.5 Å². The van der Waals surface area contributed by atoms with E-state index in [-0.39, 0.29) is 11.3 Å². The normalized spacial score (nSPS) is 22.2. The number of hydrogen-bond donors (Lipinski definition) is 1. The second kappa shape index (κ2) is 4.99. The molecule has 0 radical (unpaired) electrons. The van der Waals surface area contributed by atoms with Crippen LogP contribution < -0.4 is 5.32 Å². The molecule has 104 valence electrons. The second-order valence-electron chi connectivity index (χ2n) is 6.80. The van der Waals surface area contributed by atoms with Crippen molar-refractivity contribution in [2.75, 3.05) is 7.05 Å². The lowest BCUT2D eigenvalue weighted by molar-refractivity contribution is -0.121. The summed E-state index contributed by atoms with van der Waals surface area (Å²) in [7, 11) is 1.72. The molecule has 0 spiro atoms. The number of carbonyl (C=O) groups is 1. The lowest BCUT2D eigenvalue weighted by Gasteiger charge is -2.21. The molecule has 1 aliphatic rings. The molecule has 2 heteroatoms. The average molecular weight is 259 g/mol. The molecular weight excluding hydrogens is 234 g/mol. The Kier molecular flexibility index (Phi) is 3.71. The maximum Gasteiger partial charge on any atom is 0.220 e. The maximum atomic E-state index is 11.7. The fraction of sp³-hybridized carbons (Fsp3) is 0.588. The lowest BCUT2D eigenvalue weighted by Crippen LogP contribution is -2.20. The Morgan fingerprint density at radius 3 is 2.58 bits per heavy atom. The van der Waals surface area contributed by atoms with Gasteiger partial charge in [-0.1, -0.05) is 45.9 Å². The highest BCUT2D eigenvalue weighted by Crippen LogP contribution is 2.44. The first-order valence-electron chi connectivity index (χ1n) is 7.18. The molecule has 0 aliphatic heterocycles. The van der Waals surface area contributed by atoms with E-state index in [9.17, 15) is 4.79 Å². The zero-order valence-corrected chi connectivity index (χ0v) is 12.7. The van der Waals surface area contributed by atoms with Crippen molar-refractivity contribution in [3.63, 3.8) is 0 Å². The van der Waals surface area contributed by atoms with Crippen molar-refractivity contribution in [1.29, 1.82) is 0 Å². The van der Waals surface area contributed by atoms with E-state index in [0.29, 0.717) is 18.3 Å². The maximum absolute atomic E-state index is 11.7. The molecule has 0 heterocycles. The van der Waals surface area contributed by atoms with Crippen LogP contribution >= 0.6 is 0 Å². The third-order valence-corrected chi connectivity index (χ3v) is 4.27. The number of nitrogens with one attached hydrogen (secondary N) is 1. The van der Waals surface area contributed by atoms with E-state index < -0.39 is 0 Å². The summed E-state index contributed by atoms with van der Waals surface area (Å²) in [5, 5.41) is 2.74. The predicted octanol–water partition coefficient (Wildman–Crippen LogP) is 3.71. The van der Waals surface area contributed by atoms with E-state index in [0.717, 1.165) is 6.42 Å². The van der Waals surface area contributed by atoms with Gasteiger partial charge in [-0.3, -0.25) is 4.79 Å². The largest absolute Gasteiger partial charge is 0.359 e. The molecule has 19 heavy (non-hydrogen) atoms. The van der Waals surface area contributed by atoms with Gasteiger partial charge in [0.1, 0.15) is 0 Å². The van der Waals surface area contributed by atoms with Gasteiger partial charge in [0.2, 0.25) is 5.91 Å². The van der Waals surface area contributed by atoms with Crippen molar-refractivity contribution in [2.45, 2.75) is 57.8 Å². The summed E-state index contributed by atoms with van der Waals surface area (Å²) in [6.45, 7) is 8.97. The fourth-order valence-electron chi connectivity index (χ4n) is 3.04. The summed E-state index contributed by atoms with van der Waals surface area (Å²) in [5.41, 5.74) is 4.35. The fourth-order valence-corrected chi connectivity index (χ4v) is 3.04. The monoisotopic (exact) mass is 259 g/mol. The van der Waals surface area contributed by atoms with Crippen molar-refractivity contribution in [1.82, 2.24) is 5.32 Å². The zero-order chi connectivity index (χ0) is 14.2. The van der Waals surface area contributed by atoms with Gasteiger partial charge in [0.05, 0.1) is 0 Å². The van der Waals surface area contributed by atoms with E-state index in [2.05, 4.69) is 51.2 Å². The minimum atomic E-state index is 0.145. The van der Waals surface area contributed by atoms with Gasteiger partial charge < -0.3 is 5.32 Å². The Labute approximate surface area is 116 Å². The predicted molar refractivity (Wildman–Crippen MR) is 79.6 cm³/mol. The Balaban J connectivity index is 2.35. The van der Waals surface area contributed by atoms with Crippen LogP contribution in [0, 0.1) is 0 Å². The topological polar surface area (TPSA) is 29.1 Å². The van der Waals surface area contributed by atoms with E-state index in [4.69, 9.17) is 0 Å². The second-order valence-corrected chi connectivity index (χ2v) is 6.80.